The van der Waals surface area contributed by atoms with Crippen LogP contribution in [-0.2, 0) is 39.4 Å². The van der Waals surface area contributed by atoms with Gasteiger partial charge in [-0.15, -0.1) is 11.4 Å². The molecule has 0 spiro atoms. The predicted molar refractivity (Wildman–Crippen MR) is 150 cm³/mol. The Morgan fingerprint density at radius 1 is 0.558 bits per heavy atom. The van der Waals surface area contributed by atoms with E-state index in [1.165, 1.54) is 9.13 Å². The number of para-hydroxylation sites is 6. The van der Waals surface area contributed by atoms with Crippen molar-refractivity contribution in [1.82, 2.24) is 9.13 Å². The van der Waals surface area contributed by atoms with Crippen molar-refractivity contribution in [3.63, 3.8) is 0 Å². The van der Waals surface area contributed by atoms with E-state index >= 15 is 0 Å². The summed E-state index contributed by atoms with van der Waals surface area (Å²) in [6.45, 7) is 0.527. The van der Waals surface area contributed by atoms with Gasteiger partial charge in [0.15, 0.2) is 11.2 Å². The molecule has 12 nitrogen and oxygen atoms in total. The molecule has 0 saturated heterocycles. The Kier molecular flexibility index (Phi) is 11.5. The monoisotopic (exact) mass is 624 g/mol. The first-order chi connectivity index (χ1) is 20.3. The van der Waals surface area contributed by atoms with Crippen LogP contribution in [0.3, 0.4) is 0 Å². The molecule has 0 saturated carbocycles. The van der Waals surface area contributed by atoms with Gasteiger partial charge >= 0.3 is 28.0 Å². The van der Waals surface area contributed by atoms with Crippen molar-refractivity contribution in [3.05, 3.63) is 141 Å². The van der Waals surface area contributed by atoms with Gasteiger partial charge < -0.3 is 39.3 Å². The van der Waals surface area contributed by atoms with E-state index in [-0.39, 0.29) is 41.3 Å². The Morgan fingerprint density at radius 3 is 1.23 bits per heavy atom. The summed E-state index contributed by atoms with van der Waals surface area (Å²) in [6, 6.07) is 33.7. The fourth-order valence-electron chi connectivity index (χ4n) is 3.67. The number of aromatic nitrogens is 2. The average molecular weight is 625 g/mol. The van der Waals surface area contributed by atoms with Gasteiger partial charge in [-0.1, -0.05) is 84.9 Å². The Bertz CT molecular complexity index is 1760. The van der Waals surface area contributed by atoms with E-state index < -0.39 is 11.9 Å². The minimum Gasteiger partial charge on any atom is -0.667 e. The number of oxazole rings is 2. The molecule has 6 aromatic rings. The molecule has 0 amide bonds. The van der Waals surface area contributed by atoms with Crippen LogP contribution < -0.4 is 21.7 Å². The van der Waals surface area contributed by atoms with E-state index in [4.69, 9.17) is 28.6 Å². The second kappa shape index (κ2) is 15.5. The number of benzene rings is 4. The molecule has 0 aliphatic heterocycles. The Labute approximate surface area is 253 Å². The van der Waals surface area contributed by atoms with Crippen LogP contribution in [-0.4, -0.2) is 21.1 Å². The summed E-state index contributed by atoms with van der Waals surface area (Å²) in [6.07, 6.45) is 0. The second-order valence-electron chi connectivity index (χ2n) is 8.37. The van der Waals surface area contributed by atoms with Crippen molar-refractivity contribution in [3.8, 4) is 0 Å². The fourth-order valence-corrected chi connectivity index (χ4v) is 3.67. The molecular formula is C30H22N4NiO8-2. The number of hydrogen-bond acceptors (Lipinski definition) is 8. The summed E-state index contributed by atoms with van der Waals surface area (Å²) >= 11 is 0. The van der Waals surface area contributed by atoms with E-state index in [1.807, 2.05) is 97.1 Å². The first-order valence-corrected chi connectivity index (χ1v) is 12.4. The van der Waals surface area contributed by atoms with Crippen molar-refractivity contribution >= 4 is 45.5 Å². The van der Waals surface area contributed by atoms with Crippen LogP contribution in [0.1, 0.15) is 0 Å². The minimum absolute atomic E-state index is 0. The van der Waals surface area contributed by atoms with Crippen LogP contribution in [0, 0.1) is 0 Å². The van der Waals surface area contributed by atoms with Gasteiger partial charge in [0.25, 0.3) is 0 Å². The third-order valence-corrected chi connectivity index (χ3v) is 5.62. The standard InChI is InChI=1S/2C14H11N2O2.C2H2O4.Ni/c2*17-14-16(10-15-11-6-2-1-3-7-11)12-8-4-5-9-13(12)18-14;3-1(4)2(5)6;/h2*1-9H,10H2;(H,3,4)(H,5,6);/q2*-1;;+2/p-2. The summed E-state index contributed by atoms with van der Waals surface area (Å²) in [5.41, 5.74) is 4.39. The molecule has 6 rings (SSSR count). The molecule has 43 heavy (non-hydrogen) atoms. The molecule has 0 fully saturated rings. The number of hydrogen-bond donors (Lipinski definition) is 0. The van der Waals surface area contributed by atoms with E-state index in [9.17, 15) is 9.59 Å². The summed E-state index contributed by atoms with van der Waals surface area (Å²) in [7, 11) is 0. The maximum atomic E-state index is 11.7. The van der Waals surface area contributed by atoms with Crippen molar-refractivity contribution in [2.45, 2.75) is 13.3 Å². The second-order valence-corrected chi connectivity index (χ2v) is 8.37. The van der Waals surface area contributed by atoms with Crippen molar-refractivity contribution in [2.24, 2.45) is 0 Å². The zero-order chi connectivity index (χ0) is 29.9. The number of carboxylic acid groups (broad SMARTS) is 2. The third kappa shape index (κ3) is 8.72. The summed E-state index contributed by atoms with van der Waals surface area (Å²) in [5, 5.41) is 26.6. The van der Waals surface area contributed by atoms with Gasteiger partial charge in [0, 0.05) is 0 Å². The third-order valence-electron chi connectivity index (χ3n) is 5.62. The van der Waals surface area contributed by atoms with Crippen LogP contribution in [0.25, 0.3) is 32.8 Å². The smallest absolute Gasteiger partial charge is 0.667 e. The molecule has 0 aliphatic rings. The quantitative estimate of drug-likeness (QED) is 0.200. The van der Waals surface area contributed by atoms with Gasteiger partial charge in [0.05, 0.1) is 23.0 Å². The number of carbonyl (C=O) groups is 2. The average Bonchev–Trinajstić information content (AvgIpc) is 3.51. The molecular weight excluding hydrogens is 603 g/mol. The first kappa shape index (κ1) is 32.0. The number of fused-ring (bicyclic) bond motifs is 2. The van der Waals surface area contributed by atoms with Gasteiger partial charge in [-0.05, 0) is 37.6 Å². The zero-order valence-electron chi connectivity index (χ0n) is 22.2. The molecule has 0 radical (unpaired) electrons. The van der Waals surface area contributed by atoms with Gasteiger partial charge in [-0.2, -0.15) is 0 Å². The fraction of sp³-hybridized carbons (Fsp3) is 0.0667. The van der Waals surface area contributed by atoms with Gasteiger partial charge in [0.2, 0.25) is 0 Å². The molecule has 0 aliphatic carbocycles. The summed E-state index contributed by atoms with van der Waals surface area (Å²) < 4.78 is 13.3. The van der Waals surface area contributed by atoms with Crippen LogP contribution in [0.15, 0.2) is 128 Å². The largest absolute Gasteiger partial charge is 2.00 e. The Balaban J connectivity index is 0.000000195. The molecule has 13 heteroatoms. The number of carbonyl (C=O) groups excluding carboxylic acids is 2. The van der Waals surface area contributed by atoms with Crippen molar-refractivity contribution in [1.29, 1.82) is 0 Å². The van der Waals surface area contributed by atoms with Gasteiger partial charge in [0.1, 0.15) is 0 Å². The minimum atomic E-state index is -2.19. The SMILES string of the molecule is O=C([O-])C(=O)[O-].O=c1oc2ccccc2n1C[N-]c1ccccc1.O=c1oc2ccccc2n1C[N-]c1ccccc1.[Ni+2]. The van der Waals surface area contributed by atoms with E-state index in [0.717, 1.165) is 22.4 Å². The number of carboxylic acids is 2. The summed E-state index contributed by atoms with van der Waals surface area (Å²) in [4.78, 5) is 41.2. The molecule has 2 aromatic heterocycles. The topological polar surface area (TPSA) is 179 Å². The molecule has 0 bridgehead atoms. The molecule has 222 valence electrons. The maximum Gasteiger partial charge on any atom is 2.00 e. The molecule has 0 N–H and O–H groups in total. The molecule has 4 aromatic carbocycles. The van der Waals surface area contributed by atoms with Crippen LogP contribution >= 0.6 is 0 Å². The molecule has 2 heterocycles. The zero-order valence-corrected chi connectivity index (χ0v) is 23.2. The number of nitrogens with zero attached hydrogens (tertiary/aromatic N) is 4. The van der Waals surface area contributed by atoms with Crippen molar-refractivity contribution in [2.75, 3.05) is 0 Å². The van der Waals surface area contributed by atoms with Crippen molar-refractivity contribution < 1.29 is 45.1 Å². The van der Waals surface area contributed by atoms with Crippen LogP contribution in [0.5, 0.6) is 0 Å². The Morgan fingerprint density at radius 2 is 0.884 bits per heavy atom. The molecule has 0 atom stereocenters. The van der Waals surface area contributed by atoms with Crippen LogP contribution in [0.2, 0.25) is 0 Å². The van der Waals surface area contributed by atoms with E-state index in [1.54, 1.807) is 12.1 Å². The Hall–Kier alpha value is -5.55. The maximum absolute atomic E-state index is 11.7. The van der Waals surface area contributed by atoms with Crippen LogP contribution in [0.4, 0.5) is 11.4 Å². The normalized spacial score (nSPS) is 9.95. The van der Waals surface area contributed by atoms with E-state index in [0.29, 0.717) is 11.2 Å². The number of rotatable bonds is 6. The summed E-state index contributed by atoms with van der Waals surface area (Å²) in [5.74, 6) is -5.13. The molecule has 0 unspecified atom stereocenters. The number of aliphatic carboxylic acids is 2. The van der Waals surface area contributed by atoms with Gasteiger partial charge in [-0.25, -0.2) is 9.59 Å². The van der Waals surface area contributed by atoms with E-state index in [2.05, 4.69) is 10.6 Å². The predicted octanol–water partition coefficient (Wildman–Crippen LogP) is 3.00. The van der Waals surface area contributed by atoms with Gasteiger partial charge in [-0.3, -0.25) is 9.13 Å². The first-order valence-electron chi connectivity index (χ1n) is 12.4.